The van der Waals surface area contributed by atoms with Gasteiger partial charge in [-0.3, -0.25) is 13.9 Å². The molecule has 2 aromatic carbocycles. The summed E-state index contributed by atoms with van der Waals surface area (Å²) in [5.41, 5.74) is 2.77. The lowest BCUT2D eigenvalue weighted by Gasteiger charge is -2.34. The molecule has 1 aliphatic rings. The molecule has 7 nitrogen and oxygen atoms in total. The van der Waals surface area contributed by atoms with Crippen molar-refractivity contribution >= 4 is 39.1 Å². The van der Waals surface area contributed by atoms with E-state index < -0.39 is 28.5 Å². The molecule has 0 radical (unpaired) electrons. The largest absolute Gasteiger partial charge is 0.352 e. The molecule has 1 fully saturated rings. The van der Waals surface area contributed by atoms with Crippen molar-refractivity contribution < 1.29 is 18.0 Å². The van der Waals surface area contributed by atoms with Gasteiger partial charge in [0, 0.05) is 17.6 Å². The van der Waals surface area contributed by atoms with Gasteiger partial charge in [0.05, 0.1) is 11.9 Å². The lowest BCUT2D eigenvalue weighted by molar-refractivity contribution is -0.140. The Balaban J connectivity index is 1.95. The van der Waals surface area contributed by atoms with Crippen molar-refractivity contribution in [2.75, 3.05) is 17.1 Å². The summed E-state index contributed by atoms with van der Waals surface area (Å²) in [7, 11) is -3.78. The number of benzene rings is 2. The van der Waals surface area contributed by atoms with E-state index in [0.29, 0.717) is 22.7 Å². The average Bonchev–Trinajstić information content (AvgIpc) is 2.85. The maximum Gasteiger partial charge on any atom is 0.244 e. The van der Waals surface area contributed by atoms with Gasteiger partial charge in [0.25, 0.3) is 0 Å². The molecule has 2 aromatic rings. The van der Waals surface area contributed by atoms with E-state index in [-0.39, 0.29) is 18.5 Å². The normalized spacial score (nSPS) is 15.2. The number of carbonyl (C=O) groups excluding carboxylic acids is 2. The third kappa shape index (κ3) is 7.71. The SMILES string of the molecule is CC[C@@H](C(=O)NC1CCCCC1)N(Cc1ccccc1Cl)C(=O)CN(c1cc(C)ccc1C)S(C)(=O)=O. The van der Waals surface area contributed by atoms with Crippen LogP contribution in [0.2, 0.25) is 5.02 Å². The monoisotopic (exact) mass is 547 g/mol. The number of amides is 2. The molecule has 3 rings (SSSR count). The van der Waals surface area contributed by atoms with Gasteiger partial charge in [-0.15, -0.1) is 0 Å². The van der Waals surface area contributed by atoms with E-state index in [2.05, 4.69) is 5.32 Å². The van der Waals surface area contributed by atoms with Crippen molar-refractivity contribution in [2.24, 2.45) is 0 Å². The van der Waals surface area contributed by atoms with E-state index in [9.17, 15) is 18.0 Å². The van der Waals surface area contributed by atoms with E-state index in [1.54, 1.807) is 18.2 Å². The Morgan fingerprint density at radius 2 is 1.76 bits per heavy atom. The van der Waals surface area contributed by atoms with Crippen LogP contribution in [0.3, 0.4) is 0 Å². The van der Waals surface area contributed by atoms with Crippen molar-refractivity contribution in [3.63, 3.8) is 0 Å². The van der Waals surface area contributed by atoms with Crippen molar-refractivity contribution in [3.05, 3.63) is 64.2 Å². The number of nitrogens with one attached hydrogen (secondary N) is 1. The highest BCUT2D eigenvalue weighted by molar-refractivity contribution is 7.92. The van der Waals surface area contributed by atoms with Crippen molar-refractivity contribution in [1.82, 2.24) is 10.2 Å². The molecule has 0 bridgehead atoms. The molecule has 202 valence electrons. The summed E-state index contributed by atoms with van der Waals surface area (Å²) < 4.78 is 26.8. The van der Waals surface area contributed by atoms with Crippen LogP contribution < -0.4 is 9.62 Å². The number of nitrogens with zero attached hydrogens (tertiary/aromatic N) is 2. The van der Waals surface area contributed by atoms with Gasteiger partial charge in [0.15, 0.2) is 0 Å². The molecule has 2 amide bonds. The molecular formula is C28H38ClN3O4S. The van der Waals surface area contributed by atoms with Crippen LogP contribution in [0, 0.1) is 13.8 Å². The fraction of sp³-hybridized carbons (Fsp3) is 0.500. The fourth-order valence-corrected chi connectivity index (χ4v) is 5.95. The van der Waals surface area contributed by atoms with Gasteiger partial charge < -0.3 is 10.2 Å². The maximum absolute atomic E-state index is 13.9. The highest BCUT2D eigenvalue weighted by Crippen LogP contribution is 2.26. The second-order valence-corrected chi connectivity index (χ2v) is 12.3. The Kier molecular flexibility index (Phi) is 10.0. The summed E-state index contributed by atoms with van der Waals surface area (Å²) >= 11 is 6.42. The Hall–Kier alpha value is -2.58. The van der Waals surface area contributed by atoms with E-state index in [1.165, 1.54) is 11.3 Å². The predicted octanol–water partition coefficient (Wildman–Crippen LogP) is 4.98. The number of halogens is 1. The first-order chi connectivity index (χ1) is 17.5. The lowest BCUT2D eigenvalue weighted by Crippen LogP contribution is -2.54. The Bertz CT molecular complexity index is 1210. The molecule has 9 heteroatoms. The van der Waals surface area contributed by atoms with Crippen LogP contribution in [0.15, 0.2) is 42.5 Å². The van der Waals surface area contributed by atoms with Crippen LogP contribution in [0.1, 0.15) is 62.1 Å². The van der Waals surface area contributed by atoms with E-state index in [1.807, 2.05) is 45.0 Å². The zero-order valence-electron chi connectivity index (χ0n) is 22.2. The molecule has 0 heterocycles. The Morgan fingerprint density at radius 3 is 2.38 bits per heavy atom. The van der Waals surface area contributed by atoms with Gasteiger partial charge in [-0.05, 0) is 61.9 Å². The molecule has 1 saturated carbocycles. The standard InChI is InChI=1S/C28H38ClN3O4S/c1-5-25(28(34)30-23-12-7-6-8-13-23)31(18-22-11-9-10-14-24(22)29)27(33)19-32(37(4,35)36)26-17-20(2)15-16-21(26)3/h9-11,14-17,23,25H,5-8,12-13,18-19H2,1-4H3,(H,30,34)/t25-/m0/s1. The van der Waals surface area contributed by atoms with Crippen molar-refractivity contribution in [3.8, 4) is 0 Å². The molecule has 1 atom stereocenters. The summed E-state index contributed by atoms with van der Waals surface area (Å²) in [5, 5.41) is 3.62. The van der Waals surface area contributed by atoms with Crippen LogP contribution >= 0.6 is 11.6 Å². The Morgan fingerprint density at radius 1 is 1.08 bits per heavy atom. The van der Waals surface area contributed by atoms with E-state index in [4.69, 9.17) is 11.6 Å². The van der Waals surface area contributed by atoms with Gasteiger partial charge in [-0.2, -0.15) is 0 Å². The van der Waals surface area contributed by atoms with E-state index in [0.717, 1.165) is 47.4 Å². The van der Waals surface area contributed by atoms with Gasteiger partial charge in [-0.1, -0.05) is 68.1 Å². The smallest absolute Gasteiger partial charge is 0.244 e. The average molecular weight is 548 g/mol. The number of anilines is 1. The molecule has 1 aliphatic carbocycles. The first-order valence-corrected chi connectivity index (χ1v) is 15.1. The molecule has 0 aliphatic heterocycles. The number of carbonyl (C=O) groups is 2. The third-order valence-electron chi connectivity index (χ3n) is 6.95. The number of hydrogen-bond donors (Lipinski definition) is 1. The van der Waals surface area contributed by atoms with Gasteiger partial charge in [0.1, 0.15) is 12.6 Å². The molecule has 37 heavy (non-hydrogen) atoms. The number of rotatable bonds is 10. The Labute approximate surface area is 226 Å². The van der Waals surface area contributed by atoms with Crippen LogP contribution in [-0.4, -0.2) is 50.0 Å². The zero-order chi connectivity index (χ0) is 27.2. The molecule has 1 N–H and O–H groups in total. The first-order valence-electron chi connectivity index (χ1n) is 12.9. The van der Waals surface area contributed by atoms with Crippen LogP contribution in [0.5, 0.6) is 0 Å². The van der Waals surface area contributed by atoms with Crippen LogP contribution in [0.25, 0.3) is 0 Å². The minimum Gasteiger partial charge on any atom is -0.352 e. The summed E-state index contributed by atoms with van der Waals surface area (Å²) in [6.45, 7) is 5.22. The van der Waals surface area contributed by atoms with Gasteiger partial charge in [0.2, 0.25) is 21.8 Å². The van der Waals surface area contributed by atoms with Gasteiger partial charge in [-0.25, -0.2) is 8.42 Å². The minimum atomic E-state index is -3.78. The minimum absolute atomic E-state index is 0.0926. The second-order valence-electron chi connectivity index (χ2n) is 9.94. The van der Waals surface area contributed by atoms with E-state index >= 15 is 0 Å². The highest BCUT2D eigenvalue weighted by atomic mass is 35.5. The molecule has 0 saturated heterocycles. The molecule has 0 aromatic heterocycles. The number of aryl methyl sites for hydroxylation is 2. The van der Waals surface area contributed by atoms with Crippen molar-refractivity contribution in [2.45, 2.75) is 77.9 Å². The van der Waals surface area contributed by atoms with Gasteiger partial charge >= 0.3 is 0 Å². The molecule has 0 unspecified atom stereocenters. The predicted molar refractivity (Wildman–Crippen MR) is 149 cm³/mol. The topological polar surface area (TPSA) is 86.8 Å². The lowest BCUT2D eigenvalue weighted by atomic mass is 9.95. The maximum atomic E-state index is 13.9. The molecular weight excluding hydrogens is 510 g/mol. The van der Waals surface area contributed by atoms with Crippen LogP contribution in [0.4, 0.5) is 5.69 Å². The number of sulfonamides is 1. The summed E-state index contributed by atoms with van der Waals surface area (Å²) in [6, 6.07) is 12.0. The molecule has 0 spiro atoms. The summed E-state index contributed by atoms with van der Waals surface area (Å²) in [6.07, 6.45) is 6.64. The number of hydrogen-bond acceptors (Lipinski definition) is 4. The van der Waals surface area contributed by atoms with Crippen LogP contribution in [-0.2, 0) is 26.2 Å². The fourth-order valence-electron chi connectivity index (χ4n) is 4.86. The summed E-state index contributed by atoms with van der Waals surface area (Å²) in [5.74, 6) is -0.677. The quantitative estimate of drug-likeness (QED) is 0.454. The second kappa shape index (κ2) is 12.8. The summed E-state index contributed by atoms with van der Waals surface area (Å²) in [4.78, 5) is 28.8. The first kappa shape index (κ1) is 29.0. The zero-order valence-corrected chi connectivity index (χ0v) is 23.7. The highest BCUT2D eigenvalue weighted by Gasteiger charge is 2.33. The third-order valence-corrected chi connectivity index (χ3v) is 8.44. The van der Waals surface area contributed by atoms with Crippen molar-refractivity contribution in [1.29, 1.82) is 0 Å².